The quantitative estimate of drug-likeness (QED) is 0.640. The molecule has 3 nitrogen and oxygen atoms in total. The lowest BCUT2D eigenvalue weighted by Crippen LogP contribution is -2.35. The first-order chi connectivity index (χ1) is 5.76. The smallest absolute Gasteiger partial charge is 0.0638 e. The van der Waals surface area contributed by atoms with Crippen molar-refractivity contribution in [1.29, 1.82) is 5.26 Å². The maximum atomic E-state index is 8.55. The van der Waals surface area contributed by atoms with Crippen molar-refractivity contribution in [2.45, 2.75) is 25.8 Å². The molecule has 0 aliphatic rings. The Balaban J connectivity index is 3.70. The molecule has 0 aromatic carbocycles. The molecule has 0 radical (unpaired) electrons. The van der Waals surface area contributed by atoms with E-state index in [0.29, 0.717) is 12.5 Å². The van der Waals surface area contributed by atoms with Crippen LogP contribution in [0.2, 0.25) is 0 Å². The zero-order valence-electron chi connectivity index (χ0n) is 8.30. The van der Waals surface area contributed by atoms with E-state index in [9.17, 15) is 0 Å². The van der Waals surface area contributed by atoms with Crippen molar-refractivity contribution < 1.29 is 0 Å². The number of nitriles is 1. The molecule has 0 aromatic heterocycles. The lowest BCUT2D eigenvalue weighted by atomic mass is 10.1. The van der Waals surface area contributed by atoms with Gasteiger partial charge in [-0.1, -0.05) is 6.92 Å². The molecule has 0 aromatic rings. The standard InChI is InChI=1S/C9H19N3/c1-4-9(5-6-10)12(3)8-7-11-2/h9,11H,4-5,7-8H2,1-3H3. The Bertz CT molecular complexity index is 139. The minimum absolute atomic E-state index is 0.420. The van der Waals surface area contributed by atoms with Crippen LogP contribution in [0.4, 0.5) is 0 Å². The van der Waals surface area contributed by atoms with E-state index in [0.717, 1.165) is 19.5 Å². The first-order valence-corrected chi connectivity index (χ1v) is 4.48. The van der Waals surface area contributed by atoms with E-state index >= 15 is 0 Å². The molecule has 0 bridgehead atoms. The van der Waals surface area contributed by atoms with Crippen molar-refractivity contribution in [3.63, 3.8) is 0 Å². The molecular weight excluding hydrogens is 150 g/mol. The summed E-state index contributed by atoms with van der Waals surface area (Å²) in [5, 5.41) is 11.6. The average Bonchev–Trinajstić information content (AvgIpc) is 2.10. The lowest BCUT2D eigenvalue weighted by molar-refractivity contribution is 0.240. The number of hydrogen-bond acceptors (Lipinski definition) is 3. The topological polar surface area (TPSA) is 39.1 Å². The van der Waals surface area contributed by atoms with Gasteiger partial charge < -0.3 is 10.2 Å². The Labute approximate surface area is 75.4 Å². The second kappa shape index (κ2) is 7.08. The summed E-state index contributed by atoms with van der Waals surface area (Å²) in [6.07, 6.45) is 1.69. The van der Waals surface area contributed by atoms with Crippen molar-refractivity contribution in [2.75, 3.05) is 27.2 Å². The number of hydrogen-bond donors (Lipinski definition) is 1. The van der Waals surface area contributed by atoms with E-state index in [-0.39, 0.29) is 0 Å². The van der Waals surface area contributed by atoms with E-state index in [4.69, 9.17) is 5.26 Å². The van der Waals surface area contributed by atoms with E-state index < -0.39 is 0 Å². The van der Waals surface area contributed by atoms with Crippen molar-refractivity contribution in [1.82, 2.24) is 10.2 Å². The van der Waals surface area contributed by atoms with Crippen LogP contribution in [0.5, 0.6) is 0 Å². The predicted molar refractivity (Wildman–Crippen MR) is 50.9 cm³/mol. The number of likely N-dealkylation sites (N-methyl/N-ethyl adjacent to an activating group) is 2. The second-order valence-electron chi connectivity index (χ2n) is 3.01. The predicted octanol–water partition coefficient (Wildman–Crippen LogP) is 0.830. The molecule has 0 fully saturated rings. The van der Waals surface area contributed by atoms with Crippen LogP contribution in [0, 0.1) is 11.3 Å². The van der Waals surface area contributed by atoms with Crippen LogP contribution in [-0.4, -0.2) is 38.1 Å². The van der Waals surface area contributed by atoms with Gasteiger partial charge in [0.1, 0.15) is 0 Å². The molecule has 12 heavy (non-hydrogen) atoms. The third-order valence-electron chi connectivity index (χ3n) is 2.14. The van der Waals surface area contributed by atoms with Crippen molar-refractivity contribution in [3.05, 3.63) is 0 Å². The van der Waals surface area contributed by atoms with Crippen LogP contribution >= 0.6 is 0 Å². The molecule has 1 N–H and O–H groups in total. The van der Waals surface area contributed by atoms with Crippen LogP contribution in [0.3, 0.4) is 0 Å². The summed E-state index contributed by atoms with van der Waals surface area (Å²) in [4.78, 5) is 2.24. The summed E-state index contributed by atoms with van der Waals surface area (Å²) in [7, 11) is 4.02. The van der Waals surface area contributed by atoms with Gasteiger partial charge in [-0.2, -0.15) is 5.26 Å². The van der Waals surface area contributed by atoms with Crippen LogP contribution in [-0.2, 0) is 0 Å². The van der Waals surface area contributed by atoms with Gasteiger partial charge in [0, 0.05) is 19.1 Å². The van der Waals surface area contributed by atoms with Crippen LogP contribution < -0.4 is 5.32 Å². The Hall–Kier alpha value is -0.590. The van der Waals surface area contributed by atoms with Gasteiger partial charge in [-0.3, -0.25) is 0 Å². The van der Waals surface area contributed by atoms with Gasteiger partial charge in [0.25, 0.3) is 0 Å². The van der Waals surface area contributed by atoms with Crippen LogP contribution in [0.1, 0.15) is 19.8 Å². The Morgan fingerprint density at radius 2 is 2.25 bits per heavy atom. The zero-order chi connectivity index (χ0) is 9.40. The largest absolute Gasteiger partial charge is 0.318 e. The van der Waals surface area contributed by atoms with Gasteiger partial charge in [0.2, 0.25) is 0 Å². The molecule has 0 aliphatic heterocycles. The molecule has 70 valence electrons. The summed E-state index contributed by atoms with van der Waals surface area (Å²) in [5.74, 6) is 0. The minimum Gasteiger partial charge on any atom is -0.318 e. The fourth-order valence-electron chi connectivity index (χ4n) is 1.19. The molecule has 0 amide bonds. The van der Waals surface area contributed by atoms with E-state index in [1.165, 1.54) is 0 Å². The number of nitrogens with one attached hydrogen (secondary N) is 1. The monoisotopic (exact) mass is 169 g/mol. The van der Waals surface area contributed by atoms with Gasteiger partial charge in [-0.25, -0.2) is 0 Å². The Morgan fingerprint density at radius 3 is 2.67 bits per heavy atom. The number of nitrogens with zero attached hydrogens (tertiary/aromatic N) is 2. The molecule has 3 heteroatoms. The third-order valence-corrected chi connectivity index (χ3v) is 2.14. The van der Waals surface area contributed by atoms with Crippen molar-refractivity contribution in [2.24, 2.45) is 0 Å². The SMILES string of the molecule is CCC(CC#N)N(C)CCNC. The summed E-state index contributed by atoms with van der Waals surface area (Å²) in [5.41, 5.74) is 0. The highest BCUT2D eigenvalue weighted by atomic mass is 15.1. The molecule has 0 aliphatic carbocycles. The molecule has 0 spiro atoms. The molecular formula is C9H19N3. The molecule has 0 saturated heterocycles. The molecule has 1 atom stereocenters. The second-order valence-corrected chi connectivity index (χ2v) is 3.01. The van der Waals surface area contributed by atoms with Gasteiger partial charge in [0.05, 0.1) is 12.5 Å². The molecule has 0 heterocycles. The Kier molecular flexibility index (Phi) is 6.73. The van der Waals surface area contributed by atoms with E-state index in [2.05, 4.69) is 30.3 Å². The maximum Gasteiger partial charge on any atom is 0.0638 e. The van der Waals surface area contributed by atoms with Gasteiger partial charge in [-0.15, -0.1) is 0 Å². The summed E-state index contributed by atoms with van der Waals surface area (Å²) in [6, 6.07) is 2.63. The Morgan fingerprint density at radius 1 is 1.58 bits per heavy atom. The van der Waals surface area contributed by atoms with E-state index in [1.54, 1.807) is 0 Å². The highest BCUT2D eigenvalue weighted by Gasteiger charge is 2.10. The number of rotatable bonds is 6. The molecule has 0 saturated carbocycles. The summed E-state index contributed by atoms with van der Waals surface area (Å²) in [6.45, 7) is 4.12. The van der Waals surface area contributed by atoms with Crippen molar-refractivity contribution >= 4 is 0 Å². The van der Waals surface area contributed by atoms with Gasteiger partial charge in [-0.05, 0) is 20.5 Å². The lowest BCUT2D eigenvalue weighted by Gasteiger charge is -2.24. The molecule has 0 rings (SSSR count). The summed E-state index contributed by atoms with van der Waals surface area (Å²) >= 11 is 0. The van der Waals surface area contributed by atoms with Crippen molar-refractivity contribution in [3.8, 4) is 6.07 Å². The average molecular weight is 169 g/mol. The highest BCUT2D eigenvalue weighted by molar-refractivity contribution is 4.80. The van der Waals surface area contributed by atoms with Crippen LogP contribution in [0.25, 0.3) is 0 Å². The third kappa shape index (κ3) is 4.32. The van der Waals surface area contributed by atoms with Gasteiger partial charge >= 0.3 is 0 Å². The summed E-state index contributed by atoms with van der Waals surface area (Å²) < 4.78 is 0. The minimum atomic E-state index is 0.420. The van der Waals surface area contributed by atoms with Gasteiger partial charge in [0.15, 0.2) is 0 Å². The van der Waals surface area contributed by atoms with E-state index in [1.807, 2.05) is 7.05 Å². The first kappa shape index (κ1) is 11.4. The zero-order valence-corrected chi connectivity index (χ0v) is 8.30. The normalized spacial score (nSPS) is 12.9. The molecule has 1 unspecified atom stereocenters. The maximum absolute atomic E-state index is 8.55. The highest BCUT2D eigenvalue weighted by Crippen LogP contribution is 2.04. The first-order valence-electron chi connectivity index (χ1n) is 4.48. The fraction of sp³-hybridized carbons (Fsp3) is 0.889. The van der Waals surface area contributed by atoms with Crippen LogP contribution in [0.15, 0.2) is 0 Å². The fourth-order valence-corrected chi connectivity index (χ4v) is 1.19.